The molecule has 0 aliphatic heterocycles. The van der Waals surface area contributed by atoms with E-state index in [0.29, 0.717) is 30.7 Å². The lowest BCUT2D eigenvalue weighted by Crippen LogP contribution is -2.49. The minimum Gasteiger partial charge on any atom is -0.505 e. The summed E-state index contributed by atoms with van der Waals surface area (Å²) in [5.41, 5.74) is -3.31. The molecule has 1 aromatic heterocycles. The molecule has 6 rings (SSSR count). The third-order valence-corrected chi connectivity index (χ3v) is 13.1. The van der Waals surface area contributed by atoms with Gasteiger partial charge in [-0.05, 0) is 93.5 Å². The average molecular weight is 1120 g/mol. The van der Waals surface area contributed by atoms with E-state index in [4.69, 9.17) is 28.4 Å². The number of amides is 2. The molecule has 4 aromatic rings. The van der Waals surface area contributed by atoms with Crippen LogP contribution in [0, 0.1) is 41.3 Å². The molecule has 2 amide bonds. The third-order valence-electron chi connectivity index (χ3n) is 13.1. The summed E-state index contributed by atoms with van der Waals surface area (Å²) in [5.74, 6) is -8.23. The number of esters is 1. The predicted molar refractivity (Wildman–Crippen MR) is 266 cm³/mol. The first-order valence-electron chi connectivity index (χ1n) is 24.6. The summed E-state index contributed by atoms with van der Waals surface area (Å²) in [4.78, 5) is 57.3. The van der Waals surface area contributed by atoms with E-state index in [2.05, 4.69) is 18.8 Å². The summed E-state index contributed by atoms with van der Waals surface area (Å²) < 4.78 is 148. The van der Waals surface area contributed by atoms with Crippen molar-refractivity contribution >= 4 is 35.1 Å². The maximum absolute atomic E-state index is 15.4. The number of carbonyl (C=O) groups is 4. The Balaban J connectivity index is 0.000000288. The number of nitrogens with zero attached hydrogens (tertiary/aromatic N) is 3. The van der Waals surface area contributed by atoms with Gasteiger partial charge in [-0.15, -0.1) is 0 Å². The van der Waals surface area contributed by atoms with E-state index in [1.54, 1.807) is 0 Å². The van der Waals surface area contributed by atoms with Crippen molar-refractivity contribution in [1.82, 2.24) is 4.98 Å². The van der Waals surface area contributed by atoms with Gasteiger partial charge in [0.25, 0.3) is 0 Å². The molecule has 2 aliphatic carbocycles. The van der Waals surface area contributed by atoms with Crippen LogP contribution in [0.15, 0.2) is 66.9 Å². The van der Waals surface area contributed by atoms with Gasteiger partial charge in [0.2, 0.25) is 17.8 Å². The number of carboxylic acid groups (broad SMARTS) is 1. The lowest BCUT2D eigenvalue weighted by Gasteiger charge is -2.36. The number of methoxy groups -OCH3 is 5. The standard InChI is InChI=1S/C27H31F4NO6.C21H30FNO6.C6H3F4N/c1-16-8-10-17(11-9-16)25(33)32(18(14-36-2)15-37-3)22-13-21(28)24(12-19(22)26(34)35)38-23-7-5-4-6-20(23)27(29,30)31;1-13-5-7-14(8-6-13)20(25)23(15(11-27-2)12-28-3)18-10-17(22)19(24)9-16(18)21(26)29-4;7-5-4(6(8,9)10)2-1-3-11-5/h4-7,12-13,16-18H,8-11,14-15H2,1-3H3,(H,34,35);9-10,13-15,24H,5-8,11-12H2,1-4H3;1-3H. The molecule has 0 atom stereocenters. The van der Waals surface area contributed by atoms with Crippen LogP contribution in [-0.4, -0.2) is 113 Å². The molecule has 2 N–H and O–H groups in total. The Labute approximate surface area is 445 Å². The number of carboxylic acids is 1. The number of phenolic OH excluding ortho intramolecular Hbond substituents is 1. The van der Waals surface area contributed by atoms with E-state index in [1.807, 2.05) is 0 Å². The predicted octanol–water partition coefficient (Wildman–Crippen LogP) is 11.5. The number of aromatic hydroxyl groups is 1. The smallest absolute Gasteiger partial charge is 0.420 e. The molecular weight excluding hydrogens is 1050 g/mol. The van der Waals surface area contributed by atoms with Crippen molar-refractivity contribution in [2.24, 2.45) is 23.7 Å². The summed E-state index contributed by atoms with van der Waals surface area (Å²) in [6.07, 6.45) is -2.38. The Morgan fingerprint density at radius 1 is 0.603 bits per heavy atom. The van der Waals surface area contributed by atoms with Crippen molar-refractivity contribution in [2.75, 3.05) is 71.8 Å². The summed E-state index contributed by atoms with van der Waals surface area (Å²) >= 11 is 0. The molecule has 0 saturated heterocycles. The summed E-state index contributed by atoms with van der Waals surface area (Å²) in [7, 11) is 6.98. The molecule has 15 nitrogen and oxygen atoms in total. The number of rotatable bonds is 18. The van der Waals surface area contributed by atoms with Crippen LogP contribution in [0.1, 0.15) is 97.1 Å². The second-order valence-corrected chi connectivity index (χ2v) is 18.8. The lowest BCUT2D eigenvalue weighted by atomic mass is 9.82. The highest BCUT2D eigenvalue weighted by atomic mass is 19.4. The van der Waals surface area contributed by atoms with Crippen LogP contribution in [0.5, 0.6) is 17.2 Å². The fraction of sp³-hybridized carbons (Fsp3) is 0.500. The maximum atomic E-state index is 15.4. The Hall–Kier alpha value is -6.50. The molecule has 0 bridgehead atoms. The van der Waals surface area contributed by atoms with Gasteiger partial charge in [0.05, 0.1) is 73.7 Å². The van der Waals surface area contributed by atoms with Gasteiger partial charge >= 0.3 is 24.3 Å². The number of hydrogen-bond acceptors (Lipinski definition) is 12. The summed E-state index contributed by atoms with van der Waals surface area (Å²) in [5, 5.41) is 19.8. The number of alkyl halides is 6. The molecule has 1 heterocycles. The van der Waals surface area contributed by atoms with Crippen molar-refractivity contribution in [3.05, 3.63) is 107 Å². The van der Waals surface area contributed by atoms with Crippen LogP contribution in [0.25, 0.3) is 0 Å². The second-order valence-electron chi connectivity index (χ2n) is 18.8. The van der Waals surface area contributed by atoms with Crippen LogP contribution >= 0.6 is 0 Å². The molecular formula is C54H64F9N3O12. The number of benzene rings is 3. The Kier molecular flexibility index (Phi) is 24.2. The topological polar surface area (TPSA) is 183 Å². The Bertz CT molecular complexity index is 2610. The first kappa shape index (κ1) is 64.0. The molecule has 0 radical (unpaired) electrons. The van der Waals surface area contributed by atoms with Gasteiger partial charge in [-0.3, -0.25) is 9.59 Å². The fourth-order valence-electron chi connectivity index (χ4n) is 9.08. The van der Waals surface area contributed by atoms with Gasteiger partial charge < -0.3 is 48.4 Å². The van der Waals surface area contributed by atoms with E-state index < -0.39 is 99.7 Å². The van der Waals surface area contributed by atoms with Gasteiger partial charge in [0, 0.05) is 64.7 Å². The molecule has 3 aromatic carbocycles. The van der Waals surface area contributed by atoms with Gasteiger partial charge in [0.1, 0.15) is 11.3 Å². The number of para-hydroxylation sites is 1. The molecule has 0 unspecified atom stereocenters. The summed E-state index contributed by atoms with van der Waals surface area (Å²) in [6.45, 7) is 4.45. The van der Waals surface area contributed by atoms with Gasteiger partial charge in [-0.25, -0.2) is 23.4 Å². The number of halogens is 9. The first-order chi connectivity index (χ1) is 36.8. The van der Waals surface area contributed by atoms with Crippen LogP contribution < -0.4 is 14.5 Å². The maximum Gasteiger partial charge on any atom is 0.420 e. The number of ether oxygens (including phenoxy) is 6. The monoisotopic (exact) mass is 1120 g/mol. The zero-order chi connectivity index (χ0) is 58.1. The molecule has 2 fully saturated rings. The first-order valence-corrected chi connectivity index (χ1v) is 24.6. The van der Waals surface area contributed by atoms with E-state index in [0.717, 1.165) is 93.3 Å². The average Bonchev–Trinajstić information content (AvgIpc) is 3.39. The van der Waals surface area contributed by atoms with E-state index >= 15 is 4.39 Å². The number of phenols is 1. The minimum absolute atomic E-state index is 0.0272. The quantitative estimate of drug-likeness (QED) is 0.0546. The van der Waals surface area contributed by atoms with E-state index in [9.17, 15) is 64.5 Å². The number of pyridine rings is 1. The van der Waals surface area contributed by atoms with Crippen LogP contribution in [0.4, 0.5) is 50.9 Å². The molecule has 0 spiro atoms. The minimum atomic E-state index is -4.78. The van der Waals surface area contributed by atoms with Crippen molar-refractivity contribution in [1.29, 1.82) is 0 Å². The number of hydrogen-bond donors (Lipinski definition) is 2. The van der Waals surface area contributed by atoms with E-state index in [-0.39, 0.29) is 55.2 Å². The molecule has 430 valence electrons. The largest absolute Gasteiger partial charge is 0.505 e. The fourth-order valence-corrected chi connectivity index (χ4v) is 9.08. The SMILES string of the molecule is COCC(COC)N(C(=O)C1CCC(C)CC1)c1cc(F)c(O)cc1C(=O)OC.COCC(COC)N(C(=O)C1CCC(C)CC1)c1cc(F)c(Oc2ccccc2C(F)(F)F)cc1C(=O)O.Fc1ncccc1C(F)(F)F. The number of anilines is 2. The highest BCUT2D eigenvalue weighted by Crippen LogP contribution is 2.42. The van der Waals surface area contributed by atoms with Gasteiger partial charge in [0.15, 0.2) is 23.1 Å². The summed E-state index contributed by atoms with van der Waals surface area (Å²) in [6, 6.07) is 8.08. The zero-order valence-electron chi connectivity index (χ0n) is 44.0. The van der Waals surface area contributed by atoms with Crippen molar-refractivity contribution in [3.63, 3.8) is 0 Å². The Morgan fingerprint density at radius 2 is 1.04 bits per heavy atom. The molecule has 78 heavy (non-hydrogen) atoms. The highest BCUT2D eigenvalue weighted by molar-refractivity contribution is 6.05. The van der Waals surface area contributed by atoms with Crippen LogP contribution in [0.3, 0.4) is 0 Å². The van der Waals surface area contributed by atoms with Crippen LogP contribution in [0.2, 0.25) is 0 Å². The van der Waals surface area contributed by atoms with Crippen molar-refractivity contribution in [2.45, 2.75) is 89.7 Å². The highest BCUT2D eigenvalue weighted by Gasteiger charge is 2.39. The van der Waals surface area contributed by atoms with Crippen LogP contribution in [-0.2, 0) is 45.6 Å². The lowest BCUT2D eigenvalue weighted by molar-refractivity contribution is -0.140. The normalized spacial score (nSPS) is 17.5. The van der Waals surface area contributed by atoms with Crippen molar-refractivity contribution in [3.8, 4) is 17.2 Å². The Morgan fingerprint density at radius 3 is 1.45 bits per heavy atom. The van der Waals surface area contributed by atoms with Gasteiger partial charge in [-0.2, -0.15) is 30.7 Å². The second kappa shape index (κ2) is 29.5. The zero-order valence-corrected chi connectivity index (χ0v) is 44.0. The van der Waals surface area contributed by atoms with Gasteiger partial charge in [-0.1, -0.05) is 26.0 Å². The third kappa shape index (κ3) is 17.2. The number of aromatic carboxylic acids is 1. The molecule has 2 saturated carbocycles. The van der Waals surface area contributed by atoms with E-state index in [1.165, 1.54) is 51.4 Å². The van der Waals surface area contributed by atoms with Crippen molar-refractivity contribution < 1.29 is 97.3 Å². The number of aromatic nitrogens is 1. The number of carbonyl (C=O) groups excluding carboxylic acids is 3. The molecule has 24 heteroatoms. The molecule has 2 aliphatic rings.